The van der Waals surface area contributed by atoms with E-state index in [4.69, 9.17) is 0 Å². The Morgan fingerprint density at radius 1 is 1.50 bits per heavy atom. The molecule has 1 heterocycles. The summed E-state index contributed by atoms with van der Waals surface area (Å²) in [5.74, 6) is 0.425. The van der Waals surface area contributed by atoms with Crippen molar-refractivity contribution in [2.24, 2.45) is 5.92 Å². The summed E-state index contributed by atoms with van der Waals surface area (Å²) >= 11 is 1.72. The normalized spacial score (nSPS) is 22.3. The zero-order valence-corrected chi connectivity index (χ0v) is 10.8. The molecule has 0 saturated carbocycles. The number of hydrogen-bond donors (Lipinski definition) is 1. The van der Waals surface area contributed by atoms with E-state index >= 15 is 0 Å². The summed E-state index contributed by atoms with van der Waals surface area (Å²) in [5, 5.41) is 11.2. The average Bonchev–Trinajstić information content (AvgIpc) is 2.59. The fourth-order valence-corrected chi connectivity index (χ4v) is 3.12. The molecule has 3 heteroatoms. The number of aliphatic hydroxyl groups excluding tert-OH is 1. The summed E-state index contributed by atoms with van der Waals surface area (Å²) in [6.45, 7) is 4.12. The van der Waals surface area contributed by atoms with Crippen LogP contribution in [0.3, 0.4) is 0 Å². The molecule has 0 fully saturated rings. The second kappa shape index (κ2) is 5.11. The van der Waals surface area contributed by atoms with Gasteiger partial charge in [-0.2, -0.15) is 0 Å². The fraction of sp³-hybridized carbons (Fsp3) is 0.615. The van der Waals surface area contributed by atoms with Gasteiger partial charge in [0.1, 0.15) is 0 Å². The van der Waals surface area contributed by atoms with Gasteiger partial charge in [0.2, 0.25) is 0 Å². The molecule has 0 spiro atoms. The summed E-state index contributed by atoms with van der Waals surface area (Å²) in [7, 11) is 0. The van der Waals surface area contributed by atoms with E-state index in [1.54, 1.807) is 11.3 Å². The molecular formula is C13H19NOS. The Labute approximate surface area is 101 Å². The summed E-state index contributed by atoms with van der Waals surface area (Å²) in [6.07, 6.45) is 8.13. The number of thiazole rings is 1. The smallest absolute Gasteiger partial charge is 0.0956 e. The van der Waals surface area contributed by atoms with Crippen LogP contribution in [0.1, 0.15) is 34.8 Å². The maximum atomic E-state index is 10.2. The Hall–Kier alpha value is -0.670. The lowest BCUT2D eigenvalue weighted by molar-refractivity contribution is 0.102. The van der Waals surface area contributed by atoms with Crippen LogP contribution in [0.15, 0.2) is 12.2 Å². The minimum atomic E-state index is -0.227. The molecule has 0 aliphatic heterocycles. The number of hydrogen-bond acceptors (Lipinski definition) is 3. The van der Waals surface area contributed by atoms with Crippen LogP contribution in [0.4, 0.5) is 0 Å². The molecule has 1 aromatic heterocycles. The lowest BCUT2D eigenvalue weighted by Gasteiger charge is -2.22. The average molecular weight is 237 g/mol. The zero-order valence-electron chi connectivity index (χ0n) is 9.94. The molecule has 1 aliphatic carbocycles. The largest absolute Gasteiger partial charge is 0.392 e. The van der Waals surface area contributed by atoms with Gasteiger partial charge in [-0.15, -0.1) is 11.3 Å². The predicted octanol–water partition coefficient (Wildman–Crippen LogP) is 3.02. The van der Waals surface area contributed by atoms with Crippen LogP contribution in [-0.4, -0.2) is 16.2 Å². The lowest BCUT2D eigenvalue weighted by Crippen LogP contribution is -2.23. The molecule has 0 aromatic carbocycles. The van der Waals surface area contributed by atoms with E-state index in [1.807, 2.05) is 6.92 Å². The monoisotopic (exact) mass is 237 g/mol. The summed E-state index contributed by atoms with van der Waals surface area (Å²) in [4.78, 5) is 5.75. The van der Waals surface area contributed by atoms with Crippen LogP contribution in [0.5, 0.6) is 0 Å². The van der Waals surface area contributed by atoms with Crippen LogP contribution in [0.25, 0.3) is 0 Å². The van der Waals surface area contributed by atoms with Crippen LogP contribution in [-0.2, 0) is 6.42 Å². The maximum absolute atomic E-state index is 10.2. The Morgan fingerprint density at radius 2 is 2.31 bits per heavy atom. The fourth-order valence-electron chi connectivity index (χ4n) is 2.14. The summed E-state index contributed by atoms with van der Waals surface area (Å²) in [6, 6.07) is 0. The molecule has 16 heavy (non-hydrogen) atoms. The van der Waals surface area contributed by atoms with Crippen molar-refractivity contribution in [3.8, 4) is 0 Å². The van der Waals surface area contributed by atoms with Gasteiger partial charge in [-0.1, -0.05) is 12.2 Å². The van der Waals surface area contributed by atoms with Crippen LogP contribution < -0.4 is 0 Å². The third-order valence-corrected chi connectivity index (χ3v) is 4.41. The third kappa shape index (κ3) is 2.71. The van der Waals surface area contributed by atoms with Gasteiger partial charge in [0, 0.05) is 11.3 Å². The van der Waals surface area contributed by atoms with Gasteiger partial charge in [0.05, 0.1) is 16.8 Å². The zero-order chi connectivity index (χ0) is 11.5. The van der Waals surface area contributed by atoms with E-state index in [2.05, 4.69) is 24.1 Å². The van der Waals surface area contributed by atoms with Gasteiger partial charge in [-0.3, -0.25) is 0 Å². The molecule has 1 N–H and O–H groups in total. The highest BCUT2D eigenvalue weighted by Crippen LogP contribution is 2.25. The molecule has 2 atom stereocenters. The molecule has 0 radical (unpaired) electrons. The number of nitrogens with zero attached hydrogens (tertiary/aromatic N) is 1. The quantitative estimate of drug-likeness (QED) is 0.820. The van der Waals surface area contributed by atoms with Gasteiger partial charge < -0.3 is 5.11 Å². The highest BCUT2D eigenvalue weighted by molar-refractivity contribution is 7.11. The minimum Gasteiger partial charge on any atom is -0.392 e. The Bertz CT molecular complexity index is 364. The van der Waals surface area contributed by atoms with E-state index in [9.17, 15) is 5.11 Å². The molecular weight excluding hydrogens is 218 g/mol. The number of aliphatic hydroxyl groups is 1. The van der Waals surface area contributed by atoms with Crippen molar-refractivity contribution >= 4 is 11.3 Å². The number of allylic oxidation sites excluding steroid dienone is 2. The van der Waals surface area contributed by atoms with E-state index in [0.29, 0.717) is 5.92 Å². The predicted molar refractivity (Wildman–Crippen MR) is 67.8 cm³/mol. The number of rotatable bonds is 3. The van der Waals surface area contributed by atoms with Crippen LogP contribution in [0, 0.1) is 19.8 Å². The number of aryl methyl sites for hydroxylation is 2. The van der Waals surface area contributed by atoms with Crippen molar-refractivity contribution in [3.05, 3.63) is 27.7 Å². The Morgan fingerprint density at radius 3 is 2.88 bits per heavy atom. The second-order valence-electron chi connectivity index (χ2n) is 4.57. The van der Waals surface area contributed by atoms with Gasteiger partial charge in [-0.05, 0) is 39.0 Å². The first kappa shape index (κ1) is 11.8. The molecule has 0 saturated heterocycles. The van der Waals surface area contributed by atoms with Crippen molar-refractivity contribution in [2.75, 3.05) is 0 Å². The molecule has 0 amide bonds. The van der Waals surface area contributed by atoms with Crippen LogP contribution >= 0.6 is 11.3 Å². The van der Waals surface area contributed by atoms with Gasteiger partial charge in [0.15, 0.2) is 0 Å². The van der Waals surface area contributed by atoms with Crippen molar-refractivity contribution in [2.45, 2.75) is 45.6 Å². The molecule has 2 unspecified atom stereocenters. The first-order chi connectivity index (χ1) is 7.66. The highest BCUT2D eigenvalue weighted by atomic mass is 32.1. The maximum Gasteiger partial charge on any atom is 0.0956 e. The van der Waals surface area contributed by atoms with Crippen molar-refractivity contribution in [1.29, 1.82) is 0 Å². The van der Waals surface area contributed by atoms with Crippen molar-refractivity contribution in [1.82, 2.24) is 4.98 Å². The highest BCUT2D eigenvalue weighted by Gasteiger charge is 2.21. The van der Waals surface area contributed by atoms with E-state index in [0.717, 1.165) is 36.4 Å². The van der Waals surface area contributed by atoms with E-state index in [-0.39, 0.29) is 6.10 Å². The summed E-state index contributed by atoms with van der Waals surface area (Å²) < 4.78 is 0. The van der Waals surface area contributed by atoms with Gasteiger partial charge in [-0.25, -0.2) is 4.98 Å². The first-order valence-corrected chi connectivity index (χ1v) is 6.74. The first-order valence-electron chi connectivity index (χ1n) is 5.93. The number of aromatic nitrogens is 1. The van der Waals surface area contributed by atoms with Crippen LogP contribution in [0.2, 0.25) is 0 Å². The lowest BCUT2D eigenvalue weighted by atomic mass is 9.88. The minimum absolute atomic E-state index is 0.227. The Balaban J connectivity index is 1.96. The molecule has 0 bridgehead atoms. The SMILES string of the molecule is Cc1nc(CC(O)C2CC=CCC2)sc1C. The van der Waals surface area contributed by atoms with Gasteiger partial charge >= 0.3 is 0 Å². The second-order valence-corrected chi connectivity index (χ2v) is 5.85. The Kier molecular flexibility index (Phi) is 3.77. The molecule has 2 rings (SSSR count). The van der Waals surface area contributed by atoms with Crippen molar-refractivity contribution in [3.63, 3.8) is 0 Å². The summed E-state index contributed by atoms with van der Waals surface area (Å²) in [5.41, 5.74) is 1.11. The molecule has 1 aromatic rings. The molecule has 88 valence electrons. The van der Waals surface area contributed by atoms with Crippen molar-refractivity contribution < 1.29 is 5.11 Å². The molecule has 2 nitrogen and oxygen atoms in total. The van der Waals surface area contributed by atoms with E-state index < -0.39 is 0 Å². The molecule has 1 aliphatic rings. The third-order valence-electron chi connectivity index (χ3n) is 3.31. The standard InChI is InChI=1S/C13H19NOS/c1-9-10(2)16-13(14-9)8-12(15)11-6-4-3-5-7-11/h3-4,11-12,15H,5-8H2,1-2H3. The topological polar surface area (TPSA) is 33.1 Å². The van der Waals surface area contributed by atoms with E-state index in [1.165, 1.54) is 4.88 Å². The van der Waals surface area contributed by atoms with Gasteiger partial charge in [0.25, 0.3) is 0 Å².